The van der Waals surface area contributed by atoms with Crippen LogP contribution in [0.4, 0.5) is 0 Å². The Kier molecular flexibility index (Phi) is 11.1. The van der Waals surface area contributed by atoms with Crippen LogP contribution < -0.4 is 0 Å². The molecule has 88 valence electrons. The summed E-state index contributed by atoms with van der Waals surface area (Å²) in [7, 11) is 1.61. The van der Waals surface area contributed by atoms with Gasteiger partial charge in [-0.3, -0.25) is 0 Å². The third-order valence-electron chi connectivity index (χ3n) is 2.75. The molecule has 0 aromatic rings. The summed E-state index contributed by atoms with van der Waals surface area (Å²) >= 11 is 0. The SMILES string of the molecule is CCCCCCCCCCC(C#N)OC. The number of hydrogen-bond acceptors (Lipinski definition) is 2. The first kappa shape index (κ1) is 14.5. The molecule has 1 atom stereocenters. The smallest absolute Gasteiger partial charge is 0.143 e. The third-order valence-corrected chi connectivity index (χ3v) is 2.75. The molecule has 0 fully saturated rings. The molecule has 0 radical (unpaired) electrons. The zero-order valence-corrected chi connectivity index (χ0v) is 10.3. The van der Waals surface area contributed by atoms with E-state index in [9.17, 15) is 0 Å². The van der Waals surface area contributed by atoms with E-state index in [1.165, 1.54) is 44.9 Å². The van der Waals surface area contributed by atoms with E-state index in [-0.39, 0.29) is 6.10 Å². The van der Waals surface area contributed by atoms with Crippen LogP contribution in [-0.2, 0) is 4.74 Å². The second kappa shape index (κ2) is 11.5. The topological polar surface area (TPSA) is 33.0 Å². The van der Waals surface area contributed by atoms with Crippen LogP contribution >= 0.6 is 0 Å². The third kappa shape index (κ3) is 9.75. The molecule has 0 saturated heterocycles. The van der Waals surface area contributed by atoms with Crippen molar-refractivity contribution < 1.29 is 4.74 Å². The standard InChI is InChI=1S/C13H25NO/c1-3-4-5-6-7-8-9-10-11-13(12-14)15-2/h13H,3-11H2,1-2H3. The average molecular weight is 211 g/mol. The monoisotopic (exact) mass is 211 g/mol. The second-order valence-electron chi connectivity index (χ2n) is 4.12. The van der Waals surface area contributed by atoms with Gasteiger partial charge >= 0.3 is 0 Å². The molecule has 0 rings (SSSR count). The maximum absolute atomic E-state index is 8.65. The van der Waals surface area contributed by atoms with E-state index in [4.69, 9.17) is 10.00 Å². The first-order valence-electron chi connectivity index (χ1n) is 6.27. The fourth-order valence-corrected chi connectivity index (χ4v) is 1.70. The predicted molar refractivity (Wildman–Crippen MR) is 63.6 cm³/mol. The fraction of sp³-hybridized carbons (Fsp3) is 0.923. The fourth-order valence-electron chi connectivity index (χ4n) is 1.70. The van der Waals surface area contributed by atoms with Crippen molar-refractivity contribution >= 4 is 0 Å². The Balaban J connectivity index is 3.08. The van der Waals surface area contributed by atoms with E-state index < -0.39 is 0 Å². The van der Waals surface area contributed by atoms with Gasteiger partial charge in [0.05, 0.1) is 6.07 Å². The summed E-state index contributed by atoms with van der Waals surface area (Å²) in [6.07, 6.45) is 11.2. The summed E-state index contributed by atoms with van der Waals surface area (Å²) in [6.45, 7) is 2.24. The molecule has 0 aliphatic rings. The van der Waals surface area contributed by atoms with Gasteiger partial charge in [-0.15, -0.1) is 0 Å². The molecule has 0 aromatic carbocycles. The molecule has 2 nitrogen and oxygen atoms in total. The summed E-state index contributed by atoms with van der Waals surface area (Å²) < 4.78 is 5.00. The van der Waals surface area contributed by atoms with Crippen LogP contribution in [0.3, 0.4) is 0 Å². The maximum atomic E-state index is 8.65. The van der Waals surface area contributed by atoms with Gasteiger partial charge in [-0.25, -0.2) is 0 Å². The zero-order valence-electron chi connectivity index (χ0n) is 10.3. The molecule has 0 aliphatic carbocycles. The van der Waals surface area contributed by atoms with Crippen LogP contribution in [0.25, 0.3) is 0 Å². The van der Waals surface area contributed by atoms with Gasteiger partial charge in [0.1, 0.15) is 6.10 Å². The number of hydrogen-bond donors (Lipinski definition) is 0. The maximum Gasteiger partial charge on any atom is 0.143 e. The highest BCUT2D eigenvalue weighted by Crippen LogP contribution is 2.11. The van der Waals surface area contributed by atoms with Gasteiger partial charge in [-0.1, -0.05) is 51.9 Å². The van der Waals surface area contributed by atoms with Crippen molar-refractivity contribution in [2.45, 2.75) is 70.8 Å². The Hall–Kier alpha value is -0.550. The van der Waals surface area contributed by atoms with E-state index in [2.05, 4.69) is 13.0 Å². The summed E-state index contributed by atoms with van der Waals surface area (Å²) in [5, 5.41) is 8.65. The van der Waals surface area contributed by atoms with Crippen LogP contribution in [0, 0.1) is 11.3 Å². The van der Waals surface area contributed by atoms with Crippen molar-refractivity contribution in [3.05, 3.63) is 0 Å². The lowest BCUT2D eigenvalue weighted by Crippen LogP contribution is -2.06. The van der Waals surface area contributed by atoms with Crippen LogP contribution in [0.2, 0.25) is 0 Å². The number of ether oxygens (including phenoxy) is 1. The predicted octanol–water partition coefficient (Wildman–Crippen LogP) is 4.06. The van der Waals surface area contributed by atoms with Gasteiger partial charge in [-0.05, 0) is 12.8 Å². The summed E-state index contributed by atoms with van der Waals surface area (Å²) in [5.74, 6) is 0. The second-order valence-corrected chi connectivity index (χ2v) is 4.12. The van der Waals surface area contributed by atoms with Crippen molar-refractivity contribution in [3.8, 4) is 6.07 Å². The minimum absolute atomic E-state index is 0.190. The van der Waals surface area contributed by atoms with E-state index in [1.807, 2.05) is 0 Å². The number of nitriles is 1. The molecule has 0 saturated carbocycles. The number of nitrogens with zero attached hydrogens (tertiary/aromatic N) is 1. The van der Waals surface area contributed by atoms with Gasteiger partial charge in [0.15, 0.2) is 0 Å². The summed E-state index contributed by atoms with van der Waals surface area (Å²) in [4.78, 5) is 0. The molecule has 0 amide bonds. The zero-order chi connectivity index (χ0) is 11.4. The number of unbranched alkanes of at least 4 members (excludes halogenated alkanes) is 7. The molecule has 0 aliphatic heterocycles. The van der Waals surface area contributed by atoms with Crippen molar-refractivity contribution in [3.63, 3.8) is 0 Å². The van der Waals surface area contributed by atoms with Gasteiger partial charge in [0, 0.05) is 7.11 Å². The van der Waals surface area contributed by atoms with Gasteiger partial charge in [0.2, 0.25) is 0 Å². The van der Waals surface area contributed by atoms with Crippen molar-refractivity contribution in [1.82, 2.24) is 0 Å². The quantitative estimate of drug-likeness (QED) is 0.511. The molecule has 15 heavy (non-hydrogen) atoms. The van der Waals surface area contributed by atoms with E-state index >= 15 is 0 Å². The Morgan fingerprint density at radius 3 is 2.00 bits per heavy atom. The highest BCUT2D eigenvalue weighted by Gasteiger charge is 2.03. The first-order valence-corrected chi connectivity index (χ1v) is 6.27. The van der Waals surface area contributed by atoms with Gasteiger partial charge < -0.3 is 4.74 Å². The van der Waals surface area contributed by atoms with Gasteiger partial charge in [-0.2, -0.15) is 5.26 Å². The van der Waals surface area contributed by atoms with E-state index in [0.717, 1.165) is 12.8 Å². The normalized spacial score (nSPS) is 12.3. The minimum atomic E-state index is -0.190. The van der Waals surface area contributed by atoms with Crippen LogP contribution in [-0.4, -0.2) is 13.2 Å². The first-order chi connectivity index (χ1) is 7.35. The highest BCUT2D eigenvalue weighted by atomic mass is 16.5. The Morgan fingerprint density at radius 2 is 1.53 bits per heavy atom. The lowest BCUT2D eigenvalue weighted by Gasteiger charge is -2.06. The van der Waals surface area contributed by atoms with Crippen LogP contribution in [0.5, 0.6) is 0 Å². The minimum Gasteiger partial charge on any atom is -0.367 e. The lowest BCUT2D eigenvalue weighted by molar-refractivity contribution is 0.136. The molecule has 0 N–H and O–H groups in total. The molecule has 0 aromatic heterocycles. The number of methoxy groups -OCH3 is 1. The summed E-state index contributed by atoms with van der Waals surface area (Å²) in [5.41, 5.74) is 0. The Morgan fingerprint density at radius 1 is 1.00 bits per heavy atom. The van der Waals surface area contributed by atoms with Crippen molar-refractivity contribution in [2.75, 3.05) is 7.11 Å². The van der Waals surface area contributed by atoms with Crippen molar-refractivity contribution in [2.24, 2.45) is 0 Å². The molecule has 0 heterocycles. The van der Waals surface area contributed by atoms with Crippen LogP contribution in [0.15, 0.2) is 0 Å². The number of rotatable bonds is 10. The molecule has 0 spiro atoms. The molecule has 0 bridgehead atoms. The largest absolute Gasteiger partial charge is 0.367 e. The molecular weight excluding hydrogens is 186 g/mol. The molecule has 1 unspecified atom stereocenters. The Labute approximate surface area is 94.6 Å². The van der Waals surface area contributed by atoms with E-state index in [1.54, 1.807) is 7.11 Å². The Bertz CT molecular complexity index is 162. The van der Waals surface area contributed by atoms with Crippen LogP contribution in [0.1, 0.15) is 64.7 Å². The van der Waals surface area contributed by atoms with Gasteiger partial charge in [0.25, 0.3) is 0 Å². The molecule has 2 heteroatoms. The molecular formula is C13H25NO. The van der Waals surface area contributed by atoms with Crippen molar-refractivity contribution in [1.29, 1.82) is 5.26 Å². The summed E-state index contributed by atoms with van der Waals surface area (Å²) in [6, 6.07) is 2.15. The lowest BCUT2D eigenvalue weighted by atomic mass is 10.1. The van der Waals surface area contributed by atoms with E-state index in [0.29, 0.717) is 0 Å². The average Bonchev–Trinajstić information content (AvgIpc) is 2.27. The highest BCUT2D eigenvalue weighted by molar-refractivity contribution is 4.82.